The van der Waals surface area contributed by atoms with Crippen molar-refractivity contribution < 1.29 is 9.53 Å². The van der Waals surface area contributed by atoms with Crippen LogP contribution in [0.5, 0.6) is 0 Å². The van der Waals surface area contributed by atoms with Gasteiger partial charge in [0.05, 0.1) is 12.2 Å². The number of morpholine rings is 1. The van der Waals surface area contributed by atoms with E-state index in [4.69, 9.17) is 4.74 Å². The molecule has 1 aromatic carbocycles. The molecule has 1 amide bonds. The summed E-state index contributed by atoms with van der Waals surface area (Å²) in [4.78, 5) is 14.1. The number of benzene rings is 1. The van der Waals surface area contributed by atoms with Crippen molar-refractivity contribution >= 4 is 11.6 Å². The number of hydrogen-bond donors (Lipinski definition) is 1. The van der Waals surface area contributed by atoms with Crippen LogP contribution in [0.25, 0.3) is 0 Å². The van der Waals surface area contributed by atoms with Gasteiger partial charge in [-0.1, -0.05) is 18.2 Å². The topological polar surface area (TPSA) is 41.6 Å². The average molecular weight is 262 g/mol. The lowest BCUT2D eigenvalue weighted by Gasteiger charge is -2.35. The lowest BCUT2D eigenvalue weighted by Crippen LogP contribution is -2.46. The molecule has 1 saturated heterocycles. The fourth-order valence-electron chi connectivity index (χ4n) is 2.47. The molecule has 2 rings (SSSR count). The Balaban J connectivity index is 1.74. The van der Waals surface area contributed by atoms with Crippen LogP contribution in [0.15, 0.2) is 30.3 Å². The van der Waals surface area contributed by atoms with Crippen LogP contribution in [0.1, 0.15) is 20.3 Å². The van der Waals surface area contributed by atoms with Crippen LogP contribution in [-0.2, 0) is 9.53 Å². The molecule has 1 aromatic rings. The number of para-hydroxylation sites is 1. The van der Waals surface area contributed by atoms with Crippen molar-refractivity contribution in [1.82, 2.24) is 4.90 Å². The zero-order chi connectivity index (χ0) is 13.7. The van der Waals surface area contributed by atoms with Gasteiger partial charge in [0.25, 0.3) is 0 Å². The Morgan fingerprint density at radius 1 is 1.26 bits per heavy atom. The van der Waals surface area contributed by atoms with Gasteiger partial charge in [-0.25, -0.2) is 0 Å². The Hall–Kier alpha value is -1.39. The van der Waals surface area contributed by atoms with Gasteiger partial charge in [0.2, 0.25) is 5.91 Å². The molecule has 4 nitrogen and oxygen atoms in total. The fourth-order valence-corrected chi connectivity index (χ4v) is 2.47. The van der Waals surface area contributed by atoms with E-state index < -0.39 is 0 Å². The number of ether oxygens (including phenoxy) is 1. The number of nitrogens with one attached hydrogen (secondary N) is 1. The third-order valence-corrected chi connectivity index (χ3v) is 3.21. The summed E-state index contributed by atoms with van der Waals surface area (Å²) in [5.74, 6) is 0.0676. The summed E-state index contributed by atoms with van der Waals surface area (Å²) in [6, 6.07) is 9.57. The quantitative estimate of drug-likeness (QED) is 0.903. The maximum Gasteiger partial charge on any atom is 0.225 e. The van der Waals surface area contributed by atoms with Gasteiger partial charge in [-0.2, -0.15) is 0 Å². The van der Waals surface area contributed by atoms with E-state index in [1.807, 2.05) is 30.3 Å². The molecule has 19 heavy (non-hydrogen) atoms. The number of hydrogen-bond acceptors (Lipinski definition) is 3. The second kappa shape index (κ2) is 6.68. The maximum atomic E-state index is 11.8. The fraction of sp³-hybridized carbons (Fsp3) is 0.533. The van der Waals surface area contributed by atoms with Crippen LogP contribution < -0.4 is 5.32 Å². The first kappa shape index (κ1) is 14.0. The number of nitrogens with zero attached hydrogens (tertiary/aromatic N) is 1. The van der Waals surface area contributed by atoms with E-state index in [1.165, 1.54) is 0 Å². The van der Waals surface area contributed by atoms with Gasteiger partial charge >= 0.3 is 0 Å². The Kier molecular flexibility index (Phi) is 4.93. The van der Waals surface area contributed by atoms with Gasteiger partial charge in [0.15, 0.2) is 0 Å². The van der Waals surface area contributed by atoms with Gasteiger partial charge in [0.1, 0.15) is 0 Å². The SMILES string of the molecule is C[C@@H]1CN(CCC(=O)Nc2ccccc2)C[C@@H](C)O1. The molecule has 1 aliphatic rings. The van der Waals surface area contributed by atoms with Crippen molar-refractivity contribution in [1.29, 1.82) is 0 Å². The number of carbonyl (C=O) groups is 1. The largest absolute Gasteiger partial charge is 0.373 e. The zero-order valence-corrected chi connectivity index (χ0v) is 11.6. The van der Waals surface area contributed by atoms with E-state index in [-0.39, 0.29) is 18.1 Å². The zero-order valence-electron chi connectivity index (χ0n) is 11.6. The highest BCUT2D eigenvalue weighted by Crippen LogP contribution is 2.11. The van der Waals surface area contributed by atoms with E-state index in [1.54, 1.807) is 0 Å². The van der Waals surface area contributed by atoms with Crippen LogP contribution in [0.3, 0.4) is 0 Å². The summed E-state index contributed by atoms with van der Waals surface area (Å²) in [5, 5.41) is 2.91. The first-order valence-corrected chi connectivity index (χ1v) is 6.86. The molecule has 1 aliphatic heterocycles. The third kappa shape index (κ3) is 4.65. The maximum absolute atomic E-state index is 11.8. The molecule has 2 atom stereocenters. The van der Waals surface area contributed by atoms with Gasteiger partial charge in [0, 0.05) is 31.7 Å². The van der Waals surface area contributed by atoms with Crippen LogP contribution in [0.4, 0.5) is 5.69 Å². The predicted molar refractivity (Wildman–Crippen MR) is 76.1 cm³/mol. The van der Waals surface area contributed by atoms with Crippen molar-refractivity contribution in [3.63, 3.8) is 0 Å². The minimum Gasteiger partial charge on any atom is -0.373 e. The molecule has 104 valence electrons. The third-order valence-electron chi connectivity index (χ3n) is 3.21. The molecule has 0 unspecified atom stereocenters. The first-order chi connectivity index (χ1) is 9.13. The summed E-state index contributed by atoms with van der Waals surface area (Å²) in [6.07, 6.45) is 1.02. The summed E-state index contributed by atoms with van der Waals surface area (Å²) in [5.41, 5.74) is 0.858. The molecule has 1 N–H and O–H groups in total. The minimum absolute atomic E-state index is 0.0676. The van der Waals surface area contributed by atoms with Crippen molar-refractivity contribution in [3.05, 3.63) is 30.3 Å². The second-order valence-corrected chi connectivity index (χ2v) is 5.18. The Morgan fingerprint density at radius 2 is 1.89 bits per heavy atom. The average Bonchev–Trinajstić information content (AvgIpc) is 2.36. The van der Waals surface area contributed by atoms with Crippen LogP contribution in [0, 0.1) is 0 Å². The van der Waals surface area contributed by atoms with E-state index in [2.05, 4.69) is 24.1 Å². The van der Waals surface area contributed by atoms with Crippen molar-refractivity contribution in [3.8, 4) is 0 Å². The molecule has 1 fully saturated rings. The summed E-state index contributed by atoms with van der Waals surface area (Å²) >= 11 is 0. The molecule has 1 heterocycles. The lowest BCUT2D eigenvalue weighted by molar-refractivity contribution is -0.117. The Bertz CT molecular complexity index is 398. The molecule has 0 spiro atoms. The predicted octanol–water partition coefficient (Wildman–Crippen LogP) is 2.12. The van der Waals surface area contributed by atoms with Gasteiger partial charge < -0.3 is 10.1 Å². The Labute approximate surface area is 114 Å². The summed E-state index contributed by atoms with van der Waals surface area (Å²) in [7, 11) is 0. The number of amides is 1. The molecule has 0 radical (unpaired) electrons. The molecule has 0 aromatic heterocycles. The van der Waals surface area contributed by atoms with E-state index >= 15 is 0 Å². The van der Waals surface area contributed by atoms with E-state index in [0.29, 0.717) is 6.42 Å². The highest BCUT2D eigenvalue weighted by Gasteiger charge is 2.22. The second-order valence-electron chi connectivity index (χ2n) is 5.18. The highest BCUT2D eigenvalue weighted by molar-refractivity contribution is 5.90. The molecule has 4 heteroatoms. The van der Waals surface area contributed by atoms with Crippen LogP contribution in [0.2, 0.25) is 0 Å². The van der Waals surface area contributed by atoms with E-state index in [0.717, 1.165) is 25.3 Å². The van der Waals surface area contributed by atoms with Gasteiger partial charge in [-0.05, 0) is 26.0 Å². The van der Waals surface area contributed by atoms with Crippen LogP contribution in [-0.4, -0.2) is 42.6 Å². The number of anilines is 1. The first-order valence-electron chi connectivity index (χ1n) is 6.86. The molecule has 0 saturated carbocycles. The molecule has 0 aliphatic carbocycles. The van der Waals surface area contributed by atoms with Gasteiger partial charge in [-0.3, -0.25) is 9.69 Å². The molecule has 0 bridgehead atoms. The van der Waals surface area contributed by atoms with E-state index in [9.17, 15) is 4.79 Å². The van der Waals surface area contributed by atoms with Crippen molar-refractivity contribution in [2.45, 2.75) is 32.5 Å². The number of carbonyl (C=O) groups excluding carboxylic acids is 1. The summed E-state index contributed by atoms with van der Waals surface area (Å²) in [6.45, 7) is 6.75. The number of rotatable bonds is 4. The Morgan fingerprint density at radius 3 is 2.53 bits per heavy atom. The van der Waals surface area contributed by atoms with Gasteiger partial charge in [-0.15, -0.1) is 0 Å². The smallest absolute Gasteiger partial charge is 0.225 e. The van der Waals surface area contributed by atoms with Crippen LogP contribution >= 0.6 is 0 Å². The summed E-state index contributed by atoms with van der Waals surface area (Å²) < 4.78 is 5.68. The normalized spacial score (nSPS) is 24.1. The monoisotopic (exact) mass is 262 g/mol. The highest BCUT2D eigenvalue weighted by atomic mass is 16.5. The lowest BCUT2D eigenvalue weighted by atomic mass is 10.2. The molecular weight excluding hydrogens is 240 g/mol. The standard InChI is InChI=1S/C15H22N2O2/c1-12-10-17(11-13(2)19-12)9-8-15(18)16-14-6-4-3-5-7-14/h3-7,12-13H,8-11H2,1-2H3,(H,16,18)/t12-,13-/m1/s1. The molecular formula is C15H22N2O2. The minimum atomic E-state index is 0.0676. The van der Waals surface area contributed by atoms with Crippen molar-refractivity contribution in [2.75, 3.05) is 25.0 Å². The van der Waals surface area contributed by atoms with Crippen molar-refractivity contribution in [2.24, 2.45) is 0 Å².